The molecule has 0 aromatic rings. The Balaban J connectivity index is 1.63. The van der Waals surface area contributed by atoms with E-state index in [1.165, 1.54) is 0 Å². The van der Waals surface area contributed by atoms with E-state index < -0.39 is 11.7 Å². The van der Waals surface area contributed by atoms with Gasteiger partial charge in [-0.15, -0.1) is 0 Å². The number of fused-ring (bicyclic) bond motifs is 5. The van der Waals surface area contributed by atoms with Gasteiger partial charge in [0.1, 0.15) is 0 Å². The van der Waals surface area contributed by atoms with Crippen LogP contribution >= 0.6 is 0 Å². The summed E-state index contributed by atoms with van der Waals surface area (Å²) < 4.78 is 0. The zero-order chi connectivity index (χ0) is 25.3. The van der Waals surface area contributed by atoms with Crippen LogP contribution < -0.4 is 0 Å². The van der Waals surface area contributed by atoms with E-state index in [1.807, 2.05) is 0 Å². The van der Waals surface area contributed by atoms with Gasteiger partial charge in [-0.2, -0.15) is 0 Å². The summed E-state index contributed by atoms with van der Waals surface area (Å²) >= 11 is 0. The van der Waals surface area contributed by atoms with E-state index in [0.29, 0.717) is 18.3 Å². The fraction of sp³-hybridized carbons (Fsp3) is 0.867. The summed E-state index contributed by atoms with van der Waals surface area (Å²) in [6.07, 6.45) is 11.5. The van der Waals surface area contributed by atoms with E-state index in [-0.39, 0.29) is 40.3 Å². The Morgan fingerprint density at radius 2 is 1.68 bits per heavy atom. The maximum Gasteiger partial charge on any atom is 0.0849 e. The third-order valence-corrected chi connectivity index (χ3v) is 11.7. The molecule has 0 saturated heterocycles. The number of rotatable bonds is 6. The second kappa shape index (κ2) is 8.43. The molecule has 34 heavy (non-hydrogen) atoms. The Bertz CT molecular complexity index is 850. The first kappa shape index (κ1) is 26.4. The van der Waals surface area contributed by atoms with Crippen LogP contribution in [0.2, 0.25) is 0 Å². The molecule has 8 atom stereocenters. The van der Waals surface area contributed by atoms with Crippen molar-refractivity contribution in [1.82, 2.24) is 0 Å². The Morgan fingerprint density at radius 3 is 2.29 bits per heavy atom. The highest BCUT2D eigenvalue weighted by Gasteiger charge is 2.63. The molecule has 0 bridgehead atoms. The van der Waals surface area contributed by atoms with Crippen molar-refractivity contribution < 1.29 is 20.4 Å². The largest absolute Gasteiger partial charge is 0.396 e. The lowest BCUT2D eigenvalue weighted by molar-refractivity contribution is -0.0855. The molecule has 0 aromatic heterocycles. The molecule has 4 aliphatic carbocycles. The predicted octanol–water partition coefficient (Wildman–Crippen LogP) is 5.39. The Labute approximate surface area is 207 Å². The second-order valence-electron chi connectivity index (χ2n) is 14.1. The molecule has 2 saturated carbocycles. The summed E-state index contributed by atoms with van der Waals surface area (Å²) in [4.78, 5) is 0. The van der Waals surface area contributed by atoms with Gasteiger partial charge in [0.15, 0.2) is 0 Å². The van der Waals surface area contributed by atoms with Gasteiger partial charge in [-0.3, -0.25) is 0 Å². The highest BCUT2D eigenvalue weighted by molar-refractivity contribution is 5.49. The lowest BCUT2D eigenvalue weighted by Crippen LogP contribution is -2.54. The van der Waals surface area contributed by atoms with Crippen molar-refractivity contribution in [2.45, 2.75) is 118 Å². The van der Waals surface area contributed by atoms with Crippen molar-refractivity contribution in [1.29, 1.82) is 0 Å². The van der Waals surface area contributed by atoms with Crippen molar-refractivity contribution in [2.24, 2.45) is 39.4 Å². The van der Waals surface area contributed by atoms with Crippen molar-refractivity contribution in [2.75, 3.05) is 6.61 Å². The fourth-order valence-electron chi connectivity index (χ4n) is 8.93. The smallest absolute Gasteiger partial charge is 0.0849 e. The molecule has 2 fully saturated rings. The number of aliphatic hydroxyl groups is 4. The quantitative estimate of drug-likeness (QED) is 0.416. The molecule has 0 spiro atoms. The lowest BCUT2D eigenvalue weighted by atomic mass is 9.44. The zero-order valence-electron chi connectivity index (χ0n) is 22.7. The van der Waals surface area contributed by atoms with E-state index >= 15 is 0 Å². The van der Waals surface area contributed by atoms with Crippen LogP contribution in [0.4, 0.5) is 0 Å². The maximum atomic E-state index is 10.8. The van der Waals surface area contributed by atoms with Gasteiger partial charge < -0.3 is 20.4 Å². The average molecular weight is 475 g/mol. The van der Waals surface area contributed by atoms with Crippen LogP contribution in [0, 0.1) is 39.4 Å². The second-order valence-corrected chi connectivity index (χ2v) is 14.1. The van der Waals surface area contributed by atoms with Crippen LogP contribution in [0.15, 0.2) is 23.3 Å². The molecule has 2 unspecified atom stereocenters. The topological polar surface area (TPSA) is 80.9 Å². The predicted molar refractivity (Wildman–Crippen MR) is 137 cm³/mol. The summed E-state index contributed by atoms with van der Waals surface area (Å²) in [5.74, 6) is 0.984. The van der Waals surface area contributed by atoms with Crippen molar-refractivity contribution in [3.05, 3.63) is 23.3 Å². The molecule has 0 aliphatic heterocycles. The maximum absolute atomic E-state index is 10.8. The van der Waals surface area contributed by atoms with Gasteiger partial charge >= 0.3 is 0 Å². The third kappa shape index (κ3) is 3.69. The van der Waals surface area contributed by atoms with Crippen molar-refractivity contribution in [3.8, 4) is 0 Å². The summed E-state index contributed by atoms with van der Waals surface area (Å²) in [6.45, 7) is 15.3. The highest BCUT2D eigenvalue weighted by Crippen LogP contribution is 2.71. The molecular weight excluding hydrogens is 424 g/mol. The fourth-order valence-corrected chi connectivity index (χ4v) is 8.93. The Hall–Kier alpha value is -0.680. The van der Waals surface area contributed by atoms with Crippen LogP contribution in [0.5, 0.6) is 0 Å². The number of hydrogen-bond acceptors (Lipinski definition) is 4. The average Bonchev–Trinajstić information content (AvgIpc) is 3.03. The minimum atomic E-state index is -1.11. The molecule has 4 N–H and O–H groups in total. The molecule has 0 amide bonds. The molecular formula is C30H50O4. The summed E-state index contributed by atoms with van der Waals surface area (Å²) in [5, 5.41) is 41.8. The van der Waals surface area contributed by atoms with E-state index in [0.717, 1.165) is 44.9 Å². The van der Waals surface area contributed by atoms with Crippen LogP contribution in [0.3, 0.4) is 0 Å². The third-order valence-electron chi connectivity index (χ3n) is 11.7. The monoisotopic (exact) mass is 474 g/mol. The SMILES string of the molecule is CC(C)(O)C(O)CC[C@@H](CO)[C@H]1CC[C@@]2(C)C3=CCC4C(C)(C)[C@@H](O)CC[C@]4(C)C3=CC[C@]12C. The van der Waals surface area contributed by atoms with Gasteiger partial charge in [-0.25, -0.2) is 0 Å². The van der Waals surface area contributed by atoms with Crippen LogP contribution in [-0.4, -0.2) is 44.8 Å². The molecule has 0 heterocycles. The number of aliphatic hydroxyl groups excluding tert-OH is 3. The van der Waals surface area contributed by atoms with Crippen LogP contribution in [-0.2, 0) is 0 Å². The van der Waals surface area contributed by atoms with E-state index in [4.69, 9.17) is 0 Å². The normalized spacial score (nSPS) is 43.2. The van der Waals surface area contributed by atoms with E-state index in [1.54, 1.807) is 25.0 Å². The molecule has 0 aromatic carbocycles. The molecule has 4 nitrogen and oxygen atoms in total. The van der Waals surface area contributed by atoms with Gasteiger partial charge in [0, 0.05) is 6.61 Å². The van der Waals surface area contributed by atoms with E-state index in [2.05, 4.69) is 46.8 Å². The lowest BCUT2D eigenvalue weighted by Gasteiger charge is -2.61. The highest BCUT2D eigenvalue weighted by atomic mass is 16.3. The van der Waals surface area contributed by atoms with Gasteiger partial charge in [0.05, 0.1) is 17.8 Å². The summed E-state index contributed by atoms with van der Waals surface area (Å²) in [6, 6.07) is 0. The summed E-state index contributed by atoms with van der Waals surface area (Å²) in [5.41, 5.74) is 2.16. The van der Waals surface area contributed by atoms with Crippen molar-refractivity contribution in [3.63, 3.8) is 0 Å². The molecule has 0 radical (unpaired) electrons. The molecule has 4 heteroatoms. The standard InChI is InChI=1S/C30H50O4/c1-26(2)23-10-9-22-21(28(23,5)15-14-24(26)32)13-17-29(6)20(12-16-30(22,29)7)19(18-31)8-11-25(33)27(3,4)34/h9,13,19-20,23-25,31-34H,8,10-12,14-18H2,1-7H3/t19-,20+,23?,24-,25?,28+,29+,30-/m0/s1. The molecule has 4 rings (SSSR count). The van der Waals surface area contributed by atoms with Crippen LogP contribution in [0.25, 0.3) is 0 Å². The first-order valence-electron chi connectivity index (χ1n) is 13.7. The van der Waals surface area contributed by atoms with E-state index in [9.17, 15) is 20.4 Å². The minimum Gasteiger partial charge on any atom is -0.396 e. The van der Waals surface area contributed by atoms with Gasteiger partial charge in [-0.05, 0) is 116 Å². The Kier molecular flexibility index (Phi) is 6.54. The van der Waals surface area contributed by atoms with Gasteiger partial charge in [-0.1, -0.05) is 46.8 Å². The number of hydrogen-bond donors (Lipinski definition) is 4. The number of allylic oxidation sites excluding steroid dienone is 4. The molecule has 4 aliphatic rings. The first-order chi connectivity index (χ1) is 15.6. The minimum absolute atomic E-state index is 0.0717. The Morgan fingerprint density at radius 1 is 1.00 bits per heavy atom. The first-order valence-corrected chi connectivity index (χ1v) is 13.7. The van der Waals surface area contributed by atoms with Crippen molar-refractivity contribution >= 4 is 0 Å². The van der Waals surface area contributed by atoms with Crippen LogP contribution in [0.1, 0.15) is 99.8 Å². The van der Waals surface area contributed by atoms with Gasteiger partial charge in [0.25, 0.3) is 0 Å². The van der Waals surface area contributed by atoms with Gasteiger partial charge in [0.2, 0.25) is 0 Å². The molecule has 194 valence electrons. The summed E-state index contributed by atoms with van der Waals surface area (Å²) in [7, 11) is 0. The zero-order valence-corrected chi connectivity index (χ0v) is 22.7.